The third kappa shape index (κ3) is 4.47. The highest BCUT2D eigenvalue weighted by molar-refractivity contribution is 5.81. The van der Waals surface area contributed by atoms with Crippen LogP contribution in [0.3, 0.4) is 0 Å². The maximum Gasteiger partial charge on any atom is 0.270 e. The smallest absolute Gasteiger partial charge is 0.270 e. The van der Waals surface area contributed by atoms with Crippen LogP contribution in [0.25, 0.3) is 0 Å². The largest absolute Gasteiger partial charge is 0.481 e. The first-order valence-electron chi connectivity index (χ1n) is 6.21. The van der Waals surface area contributed by atoms with Crippen molar-refractivity contribution >= 4 is 11.6 Å². The van der Waals surface area contributed by atoms with Gasteiger partial charge < -0.3 is 15.2 Å². The fraction of sp³-hybridized carbons (Fsp3) is 0.357. The Bertz CT molecular complexity index is 577. The normalized spacial score (nSPS) is 12.9. The quantitative estimate of drug-likeness (QED) is 0.465. The van der Waals surface area contributed by atoms with E-state index < -0.39 is 23.0 Å². The van der Waals surface area contributed by atoms with Gasteiger partial charge in [-0.1, -0.05) is 5.92 Å². The molecule has 1 rings (SSSR count). The number of nitro benzene ring substituents is 1. The first-order valence-corrected chi connectivity index (χ1v) is 6.21. The van der Waals surface area contributed by atoms with Crippen LogP contribution in [0.1, 0.15) is 25.5 Å². The Morgan fingerprint density at radius 1 is 1.57 bits per heavy atom. The zero-order valence-electron chi connectivity index (χ0n) is 11.7. The summed E-state index contributed by atoms with van der Waals surface area (Å²) in [6.45, 7) is 3.05. The molecule has 1 aromatic rings. The number of benzene rings is 1. The van der Waals surface area contributed by atoms with Crippen LogP contribution in [-0.4, -0.2) is 28.6 Å². The molecule has 2 atom stereocenters. The standard InChI is InChI=1S/C14H16N2O5/c1-4-7-15-14(18)10(3)21-13-6-5-11(16(19)20)8-12(13)9(2)17/h1,5-6,8-10,17H,7H2,2-3H3,(H,15,18)/t9-,10?/m0/s1. The summed E-state index contributed by atoms with van der Waals surface area (Å²) in [5.41, 5.74) is 0.0727. The number of carbonyl (C=O) groups is 1. The number of rotatable bonds is 6. The van der Waals surface area contributed by atoms with E-state index in [0.29, 0.717) is 0 Å². The summed E-state index contributed by atoms with van der Waals surface area (Å²) >= 11 is 0. The van der Waals surface area contributed by atoms with E-state index >= 15 is 0 Å². The van der Waals surface area contributed by atoms with Gasteiger partial charge in [0.15, 0.2) is 6.10 Å². The lowest BCUT2D eigenvalue weighted by atomic mass is 10.1. The number of carbonyl (C=O) groups excluding carboxylic acids is 1. The van der Waals surface area contributed by atoms with Gasteiger partial charge in [-0.3, -0.25) is 14.9 Å². The first-order chi connectivity index (χ1) is 9.86. The molecule has 2 N–H and O–H groups in total. The number of hydrogen-bond acceptors (Lipinski definition) is 5. The van der Waals surface area contributed by atoms with Crippen molar-refractivity contribution in [3.8, 4) is 18.1 Å². The van der Waals surface area contributed by atoms with Crippen molar-refractivity contribution in [1.82, 2.24) is 5.32 Å². The van der Waals surface area contributed by atoms with Gasteiger partial charge in [0.2, 0.25) is 0 Å². The molecule has 0 aromatic heterocycles. The van der Waals surface area contributed by atoms with Gasteiger partial charge >= 0.3 is 0 Å². The molecule has 0 spiro atoms. The number of aliphatic hydroxyl groups is 1. The number of aliphatic hydroxyl groups excluding tert-OH is 1. The molecule has 0 fully saturated rings. The molecular formula is C14H16N2O5. The predicted molar refractivity (Wildman–Crippen MR) is 75.7 cm³/mol. The summed E-state index contributed by atoms with van der Waals surface area (Å²) in [5, 5.41) is 22.9. The molecule has 7 nitrogen and oxygen atoms in total. The molecule has 1 unspecified atom stereocenters. The van der Waals surface area contributed by atoms with E-state index in [1.807, 2.05) is 0 Å². The summed E-state index contributed by atoms with van der Waals surface area (Å²) in [7, 11) is 0. The van der Waals surface area contributed by atoms with E-state index in [-0.39, 0.29) is 23.5 Å². The fourth-order valence-electron chi connectivity index (χ4n) is 1.61. The van der Waals surface area contributed by atoms with E-state index in [0.717, 1.165) is 0 Å². The molecule has 1 aromatic carbocycles. The van der Waals surface area contributed by atoms with Gasteiger partial charge in [0.25, 0.3) is 11.6 Å². The number of hydrogen-bond donors (Lipinski definition) is 2. The molecule has 1 amide bonds. The van der Waals surface area contributed by atoms with Crippen LogP contribution in [0.4, 0.5) is 5.69 Å². The summed E-state index contributed by atoms with van der Waals surface area (Å²) in [4.78, 5) is 21.8. The highest BCUT2D eigenvalue weighted by Gasteiger charge is 2.20. The van der Waals surface area contributed by atoms with Gasteiger partial charge in [-0.15, -0.1) is 6.42 Å². The van der Waals surface area contributed by atoms with Crippen LogP contribution >= 0.6 is 0 Å². The average molecular weight is 292 g/mol. The Morgan fingerprint density at radius 3 is 2.76 bits per heavy atom. The lowest BCUT2D eigenvalue weighted by molar-refractivity contribution is -0.385. The zero-order valence-corrected chi connectivity index (χ0v) is 11.7. The number of terminal acetylenes is 1. The zero-order chi connectivity index (χ0) is 16.0. The molecule has 0 saturated heterocycles. The molecule has 0 aliphatic rings. The summed E-state index contributed by atoms with van der Waals surface area (Å²) < 4.78 is 5.44. The van der Waals surface area contributed by atoms with Crippen molar-refractivity contribution in [1.29, 1.82) is 0 Å². The van der Waals surface area contributed by atoms with Gasteiger partial charge in [-0.2, -0.15) is 0 Å². The molecule has 112 valence electrons. The summed E-state index contributed by atoms with van der Waals surface area (Å²) in [6.07, 6.45) is 3.21. The van der Waals surface area contributed by atoms with Crippen LogP contribution < -0.4 is 10.1 Å². The van der Waals surface area contributed by atoms with E-state index in [2.05, 4.69) is 11.2 Å². The number of non-ortho nitro benzene ring substituents is 1. The van der Waals surface area contributed by atoms with Gasteiger partial charge in [0.1, 0.15) is 5.75 Å². The monoisotopic (exact) mass is 292 g/mol. The van der Waals surface area contributed by atoms with Crippen LogP contribution in [-0.2, 0) is 4.79 Å². The average Bonchev–Trinajstić information content (AvgIpc) is 2.44. The van der Waals surface area contributed by atoms with E-state index in [1.165, 1.54) is 32.0 Å². The fourth-order valence-corrected chi connectivity index (χ4v) is 1.61. The molecule has 0 aliphatic heterocycles. The molecule has 0 heterocycles. The van der Waals surface area contributed by atoms with Crippen LogP contribution in [0.2, 0.25) is 0 Å². The third-order valence-corrected chi connectivity index (χ3v) is 2.69. The predicted octanol–water partition coefficient (Wildman–Crippen LogP) is 1.16. The van der Waals surface area contributed by atoms with Crippen molar-refractivity contribution in [3.63, 3.8) is 0 Å². The first kappa shape index (κ1) is 16.5. The SMILES string of the molecule is C#CCNC(=O)C(C)Oc1ccc([N+](=O)[O-])cc1[C@H](C)O. The minimum atomic E-state index is -0.971. The van der Waals surface area contributed by atoms with Crippen LogP contribution in [0, 0.1) is 22.5 Å². The Kier molecular flexibility index (Phi) is 5.69. The van der Waals surface area contributed by atoms with E-state index in [4.69, 9.17) is 11.2 Å². The number of ether oxygens (including phenoxy) is 1. The highest BCUT2D eigenvalue weighted by Crippen LogP contribution is 2.30. The Balaban J connectivity index is 2.95. The maximum absolute atomic E-state index is 11.7. The Hall–Kier alpha value is -2.59. The second-order valence-corrected chi connectivity index (χ2v) is 4.34. The van der Waals surface area contributed by atoms with Gasteiger partial charge in [-0.05, 0) is 19.9 Å². The summed E-state index contributed by atoms with van der Waals surface area (Å²) in [5.74, 6) is 2.06. The van der Waals surface area contributed by atoms with E-state index in [9.17, 15) is 20.0 Å². The van der Waals surface area contributed by atoms with Crippen molar-refractivity contribution in [2.75, 3.05) is 6.54 Å². The topological polar surface area (TPSA) is 102 Å². The van der Waals surface area contributed by atoms with Crippen molar-refractivity contribution in [2.24, 2.45) is 0 Å². The molecule has 0 bridgehead atoms. The van der Waals surface area contributed by atoms with Crippen LogP contribution in [0.5, 0.6) is 5.75 Å². The molecular weight excluding hydrogens is 276 g/mol. The molecule has 21 heavy (non-hydrogen) atoms. The van der Waals surface area contributed by atoms with Crippen molar-refractivity contribution < 1.29 is 19.6 Å². The lowest BCUT2D eigenvalue weighted by Gasteiger charge is -2.17. The number of nitro groups is 1. The molecule has 0 radical (unpaired) electrons. The molecule has 7 heteroatoms. The van der Waals surface area contributed by atoms with Crippen molar-refractivity contribution in [3.05, 3.63) is 33.9 Å². The van der Waals surface area contributed by atoms with Gasteiger partial charge in [-0.25, -0.2) is 0 Å². The second-order valence-electron chi connectivity index (χ2n) is 4.34. The number of nitrogens with zero attached hydrogens (tertiary/aromatic N) is 1. The van der Waals surface area contributed by atoms with Crippen LogP contribution in [0.15, 0.2) is 18.2 Å². The number of amides is 1. The second kappa shape index (κ2) is 7.26. The lowest BCUT2D eigenvalue weighted by Crippen LogP contribution is -2.36. The van der Waals surface area contributed by atoms with Gasteiger partial charge in [0, 0.05) is 17.7 Å². The van der Waals surface area contributed by atoms with E-state index in [1.54, 1.807) is 0 Å². The third-order valence-electron chi connectivity index (χ3n) is 2.69. The summed E-state index contributed by atoms with van der Waals surface area (Å²) in [6, 6.07) is 3.81. The Morgan fingerprint density at radius 2 is 2.24 bits per heavy atom. The molecule has 0 aliphatic carbocycles. The number of nitrogens with one attached hydrogen (secondary N) is 1. The highest BCUT2D eigenvalue weighted by atomic mass is 16.6. The Labute approximate surface area is 122 Å². The minimum absolute atomic E-state index is 0.0794. The van der Waals surface area contributed by atoms with Crippen molar-refractivity contribution in [2.45, 2.75) is 26.1 Å². The maximum atomic E-state index is 11.7. The minimum Gasteiger partial charge on any atom is -0.481 e. The van der Waals surface area contributed by atoms with Gasteiger partial charge in [0.05, 0.1) is 17.6 Å². The molecule has 0 saturated carbocycles.